The van der Waals surface area contributed by atoms with Crippen LogP contribution in [0.1, 0.15) is 51.2 Å². The third-order valence-corrected chi connectivity index (χ3v) is 6.28. The second kappa shape index (κ2) is 9.79. The number of rotatable bonds is 8. The lowest BCUT2D eigenvalue weighted by Crippen LogP contribution is -2.56. The Morgan fingerprint density at radius 2 is 2.06 bits per heavy atom. The van der Waals surface area contributed by atoms with Gasteiger partial charge in [-0.1, -0.05) is 19.0 Å². The molecule has 0 spiro atoms. The van der Waals surface area contributed by atoms with Gasteiger partial charge < -0.3 is 23.8 Å². The smallest absolute Gasteiger partial charge is 0.236 e. The molecular formula is C24H34N4O4. The van der Waals surface area contributed by atoms with Gasteiger partial charge in [-0.3, -0.25) is 4.79 Å². The zero-order valence-electron chi connectivity index (χ0n) is 19.5. The van der Waals surface area contributed by atoms with Gasteiger partial charge in [-0.05, 0) is 50.7 Å². The van der Waals surface area contributed by atoms with E-state index in [1.807, 2.05) is 11.0 Å². The van der Waals surface area contributed by atoms with E-state index in [4.69, 9.17) is 14.0 Å². The van der Waals surface area contributed by atoms with Crippen molar-refractivity contribution < 1.29 is 18.8 Å². The maximum absolute atomic E-state index is 13.1. The lowest BCUT2D eigenvalue weighted by atomic mass is 9.96. The number of ether oxygens (including phenoxy) is 2. The topological polar surface area (TPSA) is 80.9 Å². The molecule has 1 aromatic carbocycles. The number of hydrogen-bond donors (Lipinski definition) is 0. The Kier molecular flexibility index (Phi) is 6.86. The first-order valence-electron chi connectivity index (χ1n) is 11.6. The monoisotopic (exact) mass is 442 g/mol. The summed E-state index contributed by atoms with van der Waals surface area (Å²) in [5.74, 6) is 3.03. The van der Waals surface area contributed by atoms with Crippen LogP contribution in [0.15, 0.2) is 22.7 Å². The number of hydrogen-bond acceptors (Lipinski definition) is 7. The molecule has 2 heterocycles. The molecule has 8 nitrogen and oxygen atoms in total. The lowest BCUT2D eigenvalue weighted by Gasteiger charge is -2.43. The maximum Gasteiger partial charge on any atom is 0.236 e. The van der Waals surface area contributed by atoms with Crippen LogP contribution in [0.2, 0.25) is 0 Å². The van der Waals surface area contributed by atoms with E-state index in [9.17, 15) is 4.79 Å². The van der Waals surface area contributed by atoms with Crippen molar-refractivity contribution in [3.8, 4) is 11.5 Å². The largest absolute Gasteiger partial charge is 0.493 e. The van der Waals surface area contributed by atoms with E-state index < -0.39 is 0 Å². The molecule has 32 heavy (non-hydrogen) atoms. The Morgan fingerprint density at radius 1 is 1.25 bits per heavy atom. The van der Waals surface area contributed by atoms with E-state index in [0.29, 0.717) is 24.2 Å². The summed E-state index contributed by atoms with van der Waals surface area (Å²) in [5, 5.41) is 3.80. The highest BCUT2D eigenvalue weighted by Crippen LogP contribution is 2.36. The number of amides is 1. The van der Waals surface area contributed by atoms with E-state index in [1.165, 1.54) is 6.42 Å². The molecule has 1 aliphatic heterocycles. The molecule has 1 saturated carbocycles. The third kappa shape index (κ3) is 5.16. The van der Waals surface area contributed by atoms with Crippen LogP contribution in [0.5, 0.6) is 11.5 Å². The van der Waals surface area contributed by atoms with Gasteiger partial charge in [0.15, 0.2) is 17.3 Å². The highest BCUT2D eigenvalue weighted by atomic mass is 16.5. The lowest BCUT2D eigenvalue weighted by molar-refractivity contribution is -0.134. The summed E-state index contributed by atoms with van der Waals surface area (Å²) in [7, 11) is 1.68. The Morgan fingerprint density at radius 3 is 2.69 bits per heavy atom. The number of nitrogens with zero attached hydrogens (tertiary/aromatic N) is 4. The minimum absolute atomic E-state index is 0.0442. The van der Waals surface area contributed by atoms with E-state index in [0.717, 1.165) is 49.5 Å². The maximum atomic E-state index is 13.1. The van der Waals surface area contributed by atoms with Crippen molar-refractivity contribution in [2.75, 3.05) is 31.6 Å². The minimum atomic E-state index is 0.0442. The molecule has 174 valence electrons. The summed E-state index contributed by atoms with van der Waals surface area (Å²) < 4.78 is 16.9. The first kappa shape index (κ1) is 22.4. The zero-order chi connectivity index (χ0) is 22.7. The fourth-order valence-corrected chi connectivity index (χ4v) is 4.43. The summed E-state index contributed by atoms with van der Waals surface area (Å²) in [5.41, 5.74) is 1.11. The zero-order valence-corrected chi connectivity index (χ0v) is 19.5. The van der Waals surface area contributed by atoms with Crippen LogP contribution in [0, 0.1) is 12.8 Å². The highest BCUT2D eigenvalue weighted by molar-refractivity contribution is 5.78. The molecule has 1 amide bonds. The fourth-order valence-electron chi connectivity index (χ4n) is 4.43. The van der Waals surface area contributed by atoms with Crippen molar-refractivity contribution in [2.24, 2.45) is 5.92 Å². The van der Waals surface area contributed by atoms with E-state index in [2.05, 4.69) is 41.0 Å². The van der Waals surface area contributed by atoms with E-state index in [-0.39, 0.29) is 24.5 Å². The van der Waals surface area contributed by atoms with Gasteiger partial charge >= 0.3 is 0 Å². The SMILES string of the molecule is COc1ccc(N2CCN(C(=O)Cc3nc(C)no3)C(CC(C)C)C2)cc1OC1CCC1. The molecular weight excluding hydrogens is 408 g/mol. The number of methoxy groups -OCH3 is 1. The number of anilines is 1. The Hall–Kier alpha value is -2.77. The summed E-state index contributed by atoms with van der Waals surface area (Å²) in [4.78, 5) is 21.6. The van der Waals surface area contributed by atoms with Gasteiger partial charge in [0.1, 0.15) is 6.42 Å². The Balaban J connectivity index is 1.48. The van der Waals surface area contributed by atoms with Crippen molar-refractivity contribution in [2.45, 2.75) is 65.0 Å². The van der Waals surface area contributed by atoms with Gasteiger partial charge in [-0.25, -0.2) is 0 Å². The number of aromatic nitrogens is 2. The number of carbonyl (C=O) groups excluding carboxylic acids is 1. The van der Waals surface area contributed by atoms with Crippen LogP contribution < -0.4 is 14.4 Å². The average molecular weight is 443 g/mol. The minimum Gasteiger partial charge on any atom is -0.493 e. The average Bonchev–Trinajstić information content (AvgIpc) is 3.14. The molecule has 1 unspecified atom stereocenters. The first-order chi connectivity index (χ1) is 15.4. The fraction of sp³-hybridized carbons (Fsp3) is 0.625. The molecule has 0 bridgehead atoms. The van der Waals surface area contributed by atoms with Gasteiger partial charge in [0.2, 0.25) is 11.8 Å². The molecule has 0 radical (unpaired) electrons. The normalized spacial score (nSPS) is 19.2. The van der Waals surface area contributed by atoms with Crippen LogP contribution in [0.4, 0.5) is 5.69 Å². The standard InChI is InChI=1S/C24H34N4O4/c1-16(2)12-19-15-27(10-11-28(19)24(29)14-23-25-17(3)26-32-23)18-8-9-21(30-4)22(13-18)31-20-6-5-7-20/h8-9,13,16,19-20H,5-7,10-12,14-15H2,1-4H3. The molecule has 2 fully saturated rings. The molecule has 1 atom stereocenters. The highest BCUT2D eigenvalue weighted by Gasteiger charge is 2.32. The predicted molar refractivity (Wildman–Crippen MR) is 121 cm³/mol. The van der Waals surface area contributed by atoms with Crippen LogP contribution in [0.25, 0.3) is 0 Å². The van der Waals surface area contributed by atoms with E-state index in [1.54, 1.807) is 14.0 Å². The molecule has 0 N–H and O–H groups in total. The Bertz CT molecular complexity index is 924. The molecule has 8 heteroatoms. The van der Waals surface area contributed by atoms with Gasteiger partial charge in [-0.2, -0.15) is 4.98 Å². The van der Waals surface area contributed by atoms with Crippen molar-refractivity contribution in [1.29, 1.82) is 0 Å². The molecule has 2 aromatic rings. The van der Waals surface area contributed by atoms with Gasteiger partial charge in [-0.15, -0.1) is 0 Å². The first-order valence-corrected chi connectivity index (χ1v) is 11.6. The second-order valence-electron chi connectivity index (χ2n) is 9.23. The van der Waals surface area contributed by atoms with Crippen molar-refractivity contribution in [1.82, 2.24) is 15.0 Å². The van der Waals surface area contributed by atoms with Gasteiger partial charge in [0, 0.05) is 37.4 Å². The molecule has 1 saturated heterocycles. The third-order valence-electron chi connectivity index (χ3n) is 6.28. The van der Waals surface area contributed by atoms with Crippen LogP contribution in [-0.2, 0) is 11.2 Å². The van der Waals surface area contributed by atoms with Crippen molar-refractivity contribution >= 4 is 11.6 Å². The number of carbonyl (C=O) groups is 1. The van der Waals surface area contributed by atoms with Gasteiger partial charge in [0.25, 0.3) is 0 Å². The molecule has 1 aromatic heterocycles. The summed E-state index contributed by atoms with van der Waals surface area (Å²) in [6.45, 7) is 8.35. The quantitative estimate of drug-likeness (QED) is 0.618. The summed E-state index contributed by atoms with van der Waals surface area (Å²) >= 11 is 0. The molecule has 4 rings (SSSR count). The summed E-state index contributed by atoms with van der Waals surface area (Å²) in [6, 6.07) is 6.27. The van der Waals surface area contributed by atoms with Crippen LogP contribution in [-0.4, -0.2) is 59.8 Å². The molecule has 2 aliphatic rings. The van der Waals surface area contributed by atoms with Crippen LogP contribution in [0.3, 0.4) is 0 Å². The number of benzene rings is 1. The number of aryl methyl sites for hydroxylation is 1. The summed E-state index contributed by atoms with van der Waals surface area (Å²) in [6.07, 6.45) is 4.80. The molecule has 1 aliphatic carbocycles. The van der Waals surface area contributed by atoms with Gasteiger partial charge in [0.05, 0.1) is 13.2 Å². The second-order valence-corrected chi connectivity index (χ2v) is 9.23. The van der Waals surface area contributed by atoms with E-state index >= 15 is 0 Å². The Labute approximate surface area is 189 Å². The predicted octanol–water partition coefficient (Wildman–Crippen LogP) is 3.62. The van der Waals surface area contributed by atoms with Crippen LogP contribution >= 0.6 is 0 Å². The van der Waals surface area contributed by atoms with Crippen molar-refractivity contribution in [3.63, 3.8) is 0 Å². The number of piperazine rings is 1. The van der Waals surface area contributed by atoms with Crippen molar-refractivity contribution in [3.05, 3.63) is 29.9 Å².